The van der Waals surface area contributed by atoms with E-state index >= 15 is 4.39 Å². The first-order chi connectivity index (χ1) is 17.4. The molecule has 0 saturated heterocycles. The molecule has 0 spiro atoms. The summed E-state index contributed by atoms with van der Waals surface area (Å²) >= 11 is 7.13. The number of benzene rings is 4. The van der Waals surface area contributed by atoms with E-state index in [1.165, 1.54) is 0 Å². The van der Waals surface area contributed by atoms with Gasteiger partial charge in [-0.25, -0.2) is 4.39 Å². The number of halogens is 3. The van der Waals surface area contributed by atoms with Crippen molar-refractivity contribution < 1.29 is 4.39 Å². The Morgan fingerprint density at radius 2 is 1.16 bits per heavy atom. The van der Waals surface area contributed by atoms with Gasteiger partial charge in [0.1, 0.15) is 5.82 Å². The van der Waals surface area contributed by atoms with Crippen LogP contribution >= 0.6 is 31.9 Å². The molecule has 4 heteroatoms. The maximum absolute atomic E-state index is 16.1. The van der Waals surface area contributed by atoms with Crippen LogP contribution in [-0.4, -0.2) is 0 Å². The summed E-state index contributed by atoms with van der Waals surface area (Å²) in [6.07, 6.45) is 0. The third-order valence-electron chi connectivity index (χ3n) is 9.14. The van der Waals surface area contributed by atoms with Gasteiger partial charge in [0.05, 0.1) is 5.69 Å². The number of anilines is 3. The standard InChI is InChI=1S/C33H32Br2FN/c1-31(2)27-19-21(20-28(36)30(27)32(3,4)33(31,5)6)26-9-7-8-10-29(26)37(24-15-11-22(34)12-16-24)25-17-13-23(35)14-18-25/h7-20H,1-6H3. The van der Waals surface area contributed by atoms with Gasteiger partial charge in [0, 0.05) is 25.9 Å². The van der Waals surface area contributed by atoms with E-state index in [1.54, 1.807) is 6.07 Å². The zero-order chi connectivity index (χ0) is 26.8. The smallest absolute Gasteiger partial charge is 0.127 e. The van der Waals surface area contributed by atoms with E-state index in [9.17, 15) is 0 Å². The van der Waals surface area contributed by atoms with Crippen molar-refractivity contribution in [1.82, 2.24) is 0 Å². The molecule has 0 N–H and O–H groups in total. The summed E-state index contributed by atoms with van der Waals surface area (Å²) in [6, 6.07) is 28.8. The Hall–Kier alpha value is -2.43. The van der Waals surface area contributed by atoms with Crippen molar-refractivity contribution in [1.29, 1.82) is 0 Å². The topological polar surface area (TPSA) is 3.24 Å². The average molecular weight is 621 g/mol. The minimum absolute atomic E-state index is 0.109. The van der Waals surface area contributed by atoms with E-state index < -0.39 is 0 Å². The maximum Gasteiger partial charge on any atom is 0.127 e. The molecule has 190 valence electrons. The van der Waals surface area contributed by atoms with Crippen molar-refractivity contribution in [2.45, 2.75) is 52.4 Å². The summed E-state index contributed by atoms with van der Waals surface area (Å²) in [4.78, 5) is 2.23. The fraction of sp³-hybridized carbons (Fsp3) is 0.273. The second-order valence-corrected chi connectivity index (χ2v) is 13.4. The van der Waals surface area contributed by atoms with E-state index in [1.807, 2.05) is 36.4 Å². The molecule has 4 aromatic rings. The highest BCUT2D eigenvalue weighted by atomic mass is 79.9. The largest absolute Gasteiger partial charge is 0.310 e. The van der Waals surface area contributed by atoms with Crippen molar-refractivity contribution in [3.63, 3.8) is 0 Å². The van der Waals surface area contributed by atoms with Crippen LogP contribution in [0.25, 0.3) is 11.1 Å². The van der Waals surface area contributed by atoms with Crippen LogP contribution in [0.15, 0.2) is 93.9 Å². The number of hydrogen-bond donors (Lipinski definition) is 0. The normalized spacial score (nSPS) is 16.9. The first-order valence-electron chi connectivity index (χ1n) is 12.6. The van der Waals surface area contributed by atoms with Gasteiger partial charge >= 0.3 is 0 Å². The van der Waals surface area contributed by atoms with E-state index in [0.29, 0.717) is 0 Å². The quantitative estimate of drug-likeness (QED) is 0.219. The van der Waals surface area contributed by atoms with Gasteiger partial charge in [-0.15, -0.1) is 0 Å². The van der Waals surface area contributed by atoms with E-state index in [4.69, 9.17) is 0 Å². The number of nitrogens with zero attached hydrogens (tertiary/aromatic N) is 1. The molecular weight excluding hydrogens is 589 g/mol. The van der Waals surface area contributed by atoms with Crippen LogP contribution in [0.3, 0.4) is 0 Å². The zero-order valence-corrected chi connectivity index (χ0v) is 25.3. The third-order valence-corrected chi connectivity index (χ3v) is 10.2. The zero-order valence-electron chi connectivity index (χ0n) is 22.2. The van der Waals surface area contributed by atoms with E-state index in [2.05, 4.69) is 121 Å². The second-order valence-electron chi connectivity index (χ2n) is 11.6. The molecule has 5 rings (SSSR count). The molecular formula is C33H32Br2FN. The van der Waals surface area contributed by atoms with E-state index in [-0.39, 0.29) is 22.1 Å². The van der Waals surface area contributed by atoms with Gasteiger partial charge in [0.2, 0.25) is 0 Å². The van der Waals surface area contributed by atoms with Gasteiger partial charge in [0.15, 0.2) is 0 Å². The van der Waals surface area contributed by atoms with Crippen LogP contribution < -0.4 is 4.90 Å². The molecule has 0 fully saturated rings. The summed E-state index contributed by atoms with van der Waals surface area (Å²) in [7, 11) is 0. The van der Waals surface area contributed by atoms with Gasteiger partial charge in [-0.1, -0.05) is 97.7 Å². The molecule has 1 aliphatic carbocycles. The Morgan fingerprint density at radius 3 is 1.70 bits per heavy atom. The van der Waals surface area contributed by atoms with Gasteiger partial charge in [-0.05, 0) is 93.6 Å². The van der Waals surface area contributed by atoms with Crippen molar-refractivity contribution in [2.75, 3.05) is 4.90 Å². The Labute approximate surface area is 237 Å². The predicted molar refractivity (Wildman–Crippen MR) is 162 cm³/mol. The van der Waals surface area contributed by atoms with Crippen LogP contribution in [0.1, 0.15) is 52.7 Å². The lowest BCUT2D eigenvalue weighted by Gasteiger charge is -2.44. The minimum Gasteiger partial charge on any atom is -0.310 e. The molecule has 0 aromatic heterocycles. The molecule has 0 saturated carbocycles. The summed E-state index contributed by atoms with van der Waals surface area (Å²) in [5.41, 5.74) is 6.32. The number of para-hydroxylation sites is 1. The van der Waals surface area contributed by atoms with Crippen LogP contribution in [0.2, 0.25) is 0 Å². The van der Waals surface area contributed by atoms with Crippen LogP contribution in [0, 0.1) is 11.2 Å². The number of hydrogen-bond acceptors (Lipinski definition) is 1. The monoisotopic (exact) mass is 619 g/mol. The summed E-state index contributed by atoms with van der Waals surface area (Å²) in [6.45, 7) is 13.4. The summed E-state index contributed by atoms with van der Waals surface area (Å²) in [5.74, 6) is -0.121. The molecule has 0 aliphatic heterocycles. The van der Waals surface area contributed by atoms with Crippen LogP contribution in [-0.2, 0) is 10.8 Å². The predicted octanol–water partition coefficient (Wildman–Crippen LogP) is 11.1. The maximum atomic E-state index is 16.1. The van der Waals surface area contributed by atoms with Crippen LogP contribution in [0.5, 0.6) is 0 Å². The first kappa shape index (κ1) is 26.2. The van der Waals surface area contributed by atoms with Gasteiger partial charge in [-0.2, -0.15) is 0 Å². The van der Waals surface area contributed by atoms with E-state index in [0.717, 1.165) is 48.3 Å². The Kier molecular flexibility index (Phi) is 6.44. The molecule has 37 heavy (non-hydrogen) atoms. The second kappa shape index (κ2) is 9.10. The highest BCUT2D eigenvalue weighted by molar-refractivity contribution is 9.10. The lowest BCUT2D eigenvalue weighted by Crippen LogP contribution is -2.42. The third kappa shape index (κ3) is 4.08. The highest BCUT2D eigenvalue weighted by Crippen LogP contribution is 2.62. The van der Waals surface area contributed by atoms with Crippen LogP contribution in [0.4, 0.5) is 21.5 Å². The summed E-state index contributed by atoms with van der Waals surface area (Å²) < 4.78 is 18.1. The molecule has 0 heterocycles. The van der Waals surface area contributed by atoms with Crippen molar-refractivity contribution in [3.8, 4) is 11.1 Å². The lowest BCUT2D eigenvalue weighted by atomic mass is 9.59. The Morgan fingerprint density at radius 1 is 0.649 bits per heavy atom. The highest BCUT2D eigenvalue weighted by Gasteiger charge is 2.58. The molecule has 4 aromatic carbocycles. The molecule has 1 nitrogen and oxygen atoms in total. The number of rotatable bonds is 4. The van der Waals surface area contributed by atoms with Crippen molar-refractivity contribution >= 4 is 48.9 Å². The Bertz CT molecular complexity index is 1420. The molecule has 0 radical (unpaired) electrons. The van der Waals surface area contributed by atoms with Crippen molar-refractivity contribution in [2.24, 2.45) is 5.41 Å². The molecule has 1 aliphatic rings. The fourth-order valence-electron chi connectivity index (χ4n) is 5.84. The first-order valence-corrected chi connectivity index (χ1v) is 14.2. The summed E-state index contributed by atoms with van der Waals surface area (Å²) in [5, 5.41) is 0. The molecule has 0 amide bonds. The van der Waals surface area contributed by atoms with Crippen molar-refractivity contribution in [3.05, 3.63) is 111 Å². The minimum atomic E-state index is -0.283. The SMILES string of the molecule is CC1(C)c2cc(-c3ccccc3N(c3ccc(Br)cc3)c3ccc(Br)cc3)cc(F)c2C(C)(C)C1(C)C. The Balaban J connectivity index is 1.75. The molecule has 0 bridgehead atoms. The van der Waals surface area contributed by atoms with Gasteiger partial charge < -0.3 is 4.90 Å². The lowest BCUT2D eigenvalue weighted by molar-refractivity contribution is 0.123. The average Bonchev–Trinajstić information content (AvgIpc) is 2.96. The van der Waals surface area contributed by atoms with Gasteiger partial charge in [-0.3, -0.25) is 0 Å². The number of fused-ring (bicyclic) bond motifs is 1. The molecule has 0 atom stereocenters. The molecule has 0 unspecified atom stereocenters. The fourth-order valence-corrected chi connectivity index (χ4v) is 6.37. The van der Waals surface area contributed by atoms with Gasteiger partial charge in [0.25, 0.3) is 0 Å².